The molecule has 14 heteroatoms. The summed E-state index contributed by atoms with van der Waals surface area (Å²) in [6, 6.07) is 8.35. The second-order valence-corrected chi connectivity index (χ2v) is 14.7. The summed E-state index contributed by atoms with van der Waals surface area (Å²) in [6.07, 6.45) is 7.45. The Balaban J connectivity index is 1.07. The Hall–Kier alpha value is -3.94. The second-order valence-electron chi connectivity index (χ2n) is 13.1. The highest BCUT2D eigenvalue weighted by Gasteiger charge is 2.54. The Kier molecular flexibility index (Phi) is 7.81. The summed E-state index contributed by atoms with van der Waals surface area (Å²) >= 11 is 7.61. The van der Waals surface area contributed by atoms with Crippen molar-refractivity contribution in [1.82, 2.24) is 24.8 Å². The Morgan fingerprint density at radius 2 is 1.98 bits per heavy atom. The quantitative estimate of drug-likeness (QED) is 0.248. The first-order valence-corrected chi connectivity index (χ1v) is 16.6. The van der Waals surface area contributed by atoms with E-state index in [1.807, 2.05) is 6.07 Å². The average Bonchev–Trinajstić information content (AvgIpc) is 3.54. The largest absolute Gasteiger partial charge is 0.489 e. The number of primary amides is 1. The first-order valence-electron chi connectivity index (χ1n) is 15.4. The Bertz CT molecular complexity index is 1830. The van der Waals surface area contributed by atoms with E-state index in [0.717, 1.165) is 31.4 Å². The Morgan fingerprint density at radius 1 is 1.20 bits per heavy atom. The van der Waals surface area contributed by atoms with Crippen LogP contribution in [0, 0.1) is 11.2 Å². The molecule has 0 unspecified atom stereocenters. The molecule has 1 aliphatic heterocycles. The third-order valence-electron chi connectivity index (χ3n) is 9.75. The van der Waals surface area contributed by atoms with Crippen molar-refractivity contribution in [3.63, 3.8) is 0 Å². The number of nitrogens with zero attached hydrogens (tertiary/aromatic N) is 5. The van der Waals surface area contributed by atoms with Crippen molar-refractivity contribution in [1.29, 1.82) is 0 Å². The molecule has 242 valence electrons. The number of fused-ring (bicyclic) bond motifs is 1. The highest BCUT2D eigenvalue weighted by Crippen LogP contribution is 2.58. The molecule has 3 fully saturated rings. The number of thiophene rings is 1. The predicted octanol–water partition coefficient (Wildman–Crippen LogP) is 4.58. The van der Waals surface area contributed by atoms with E-state index in [0.29, 0.717) is 56.3 Å². The molecular formula is C32H36ClFN8O3S. The number of carbonyl (C=O) groups excluding carboxylic acids is 2. The van der Waals surface area contributed by atoms with Gasteiger partial charge in [0, 0.05) is 36.8 Å². The number of aromatic nitrogens is 3. The van der Waals surface area contributed by atoms with Crippen LogP contribution in [0.25, 0.3) is 16.8 Å². The molecule has 2 aliphatic carbocycles. The van der Waals surface area contributed by atoms with Gasteiger partial charge in [0.2, 0.25) is 0 Å². The van der Waals surface area contributed by atoms with Gasteiger partial charge in [-0.1, -0.05) is 17.7 Å². The third kappa shape index (κ3) is 5.54. The maximum atomic E-state index is 14.7. The number of benzene rings is 1. The van der Waals surface area contributed by atoms with Crippen molar-refractivity contribution in [3.05, 3.63) is 57.3 Å². The molecule has 4 heterocycles. The molecular weight excluding hydrogens is 631 g/mol. The van der Waals surface area contributed by atoms with Crippen molar-refractivity contribution in [2.45, 2.75) is 56.7 Å². The maximum Gasteiger partial charge on any atom is 0.265 e. The molecule has 46 heavy (non-hydrogen) atoms. The second kappa shape index (κ2) is 11.7. The number of ether oxygens (including phenoxy) is 1. The molecule has 11 nitrogen and oxygen atoms in total. The summed E-state index contributed by atoms with van der Waals surface area (Å²) < 4.78 is 23.2. The van der Waals surface area contributed by atoms with Crippen molar-refractivity contribution >= 4 is 51.8 Å². The molecule has 1 saturated heterocycles. The fourth-order valence-electron chi connectivity index (χ4n) is 7.33. The summed E-state index contributed by atoms with van der Waals surface area (Å²) in [4.78, 5) is 34.3. The predicted molar refractivity (Wildman–Crippen MR) is 176 cm³/mol. The lowest BCUT2D eigenvalue weighted by atomic mass is 9.52. The molecule has 2 saturated carbocycles. The van der Waals surface area contributed by atoms with Gasteiger partial charge >= 0.3 is 0 Å². The van der Waals surface area contributed by atoms with Crippen molar-refractivity contribution in [3.8, 4) is 17.0 Å². The minimum Gasteiger partial charge on any atom is -0.489 e. The van der Waals surface area contributed by atoms with Crippen molar-refractivity contribution < 1.29 is 18.7 Å². The Morgan fingerprint density at radius 3 is 2.70 bits per heavy atom. The zero-order valence-electron chi connectivity index (χ0n) is 25.6. The van der Waals surface area contributed by atoms with Crippen LogP contribution in [0.1, 0.15) is 58.6 Å². The van der Waals surface area contributed by atoms with Crippen LogP contribution in [0.5, 0.6) is 5.75 Å². The number of piperidine rings is 1. The number of amides is 2. The van der Waals surface area contributed by atoms with Crippen LogP contribution in [0.3, 0.4) is 0 Å². The van der Waals surface area contributed by atoms with Gasteiger partial charge in [-0.25, -0.2) is 13.9 Å². The molecule has 1 spiro atoms. The molecule has 5 N–H and O–H groups in total. The molecule has 0 bridgehead atoms. The lowest BCUT2D eigenvalue weighted by Crippen LogP contribution is -2.57. The average molecular weight is 667 g/mol. The van der Waals surface area contributed by atoms with Crippen LogP contribution in [0.4, 0.5) is 15.9 Å². The van der Waals surface area contributed by atoms with Gasteiger partial charge < -0.3 is 31.3 Å². The van der Waals surface area contributed by atoms with Crippen LogP contribution < -0.4 is 26.4 Å². The smallest absolute Gasteiger partial charge is 0.265 e. The van der Waals surface area contributed by atoms with Gasteiger partial charge in [-0.15, -0.1) is 11.3 Å². The Labute approximate surface area is 274 Å². The van der Waals surface area contributed by atoms with Gasteiger partial charge in [0.25, 0.3) is 11.8 Å². The summed E-state index contributed by atoms with van der Waals surface area (Å²) in [7, 11) is 4.26. The zero-order valence-corrected chi connectivity index (χ0v) is 27.2. The standard InChI is InChI=1S/C32H36ClFN8O3S/c1-40(2)19-11-32(12-19)13-20(14-32)45-25-10-26(33)46-28(25)31(44)39-18-4-3-7-41(15-18)24-9-23(42-27(24)29(35)37-16-38-42)17-5-6-21(30(36)43)22(34)8-17/h5-6,8-10,16,18-20H,3-4,7,11-15H2,1-2H3,(H2,36,43)(H,39,44)(H2,35,37,38)/t18-,19?,20?,32?/m1/s1. The SMILES string of the molecule is CN(C)C1CC2(CC(Oc3cc(Cl)sc3C(=O)N[C@@H]3CCCN(c4cc(-c5ccc(C(N)=O)c(F)c5)n5ncnc(N)c45)C3)C2)C1. The lowest BCUT2D eigenvalue weighted by molar-refractivity contribution is -0.105. The summed E-state index contributed by atoms with van der Waals surface area (Å²) in [5.41, 5.74) is 14.2. The van der Waals surface area contributed by atoms with Crippen LogP contribution in [0.15, 0.2) is 36.7 Å². The fraction of sp³-hybridized carbons (Fsp3) is 0.438. The van der Waals surface area contributed by atoms with E-state index in [-0.39, 0.29) is 29.4 Å². The van der Waals surface area contributed by atoms with Gasteiger partial charge in [0.1, 0.15) is 28.3 Å². The highest BCUT2D eigenvalue weighted by atomic mass is 35.5. The van der Waals surface area contributed by atoms with Crippen LogP contribution in [-0.2, 0) is 0 Å². The summed E-state index contributed by atoms with van der Waals surface area (Å²) in [5, 5.41) is 7.60. The molecule has 2 amide bonds. The van der Waals surface area contributed by atoms with E-state index >= 15 is 0 Å². The first kappa shape index (κ1) is 30.7. The van der Waals surface area contributed by atoms with Crippen LogP contribution in [0.2, 0.25) is 4.34 Å². The molecule has 3 aromatic heterocycles. The summed E-state index contributed by atoms with van der Waals surface area (Å²) in [6.45, 7) is 1.23. The third-order valence-corrected chi connectivity index (χ3v) is 11.0. The number of anilines is 2. The number of rotatable bonds is 8. The van der Waals surface area contributed by atoms with E-state index in [9.17, 15) is 14.0 Å². The molecule has 3 aliphatic rings. The number of nitrogen functional groups attached to an aromatic ring is 1. The number of nitrogens with one attached hydrogen (secondary N) is 1. The fourth-order valence-corrected chi connectivity index (χ4v) is 8.38. The number of carbonyl (C=O) groups is 2. The minimum atomic E-state index is -0.843. The number of hydrogen-bond acceptors (Lipinski definition) is 9. The van der Waals surface area contributed by atoms with Gasteiger partial charge in [-0.3, -0.25) is 9.59 Å². The number of halogens is 2. The van der Waals surface area contributed by atoms with E-state index in [1.54, 1.807) is 16.6 Å². The van der Waals surface area contributed by atoms with Crippen molar-refractivity contribution in [2.75, 3.05) is 37.8 Å². The highest BCUT2D eigenvalue weighted by molar-refractivity contribution is 7.18. The normalized spacial score (nSPS) is 24.2. The number of hydrogen-bond donors (Lipinski definition) is 3. The zero-order chi connectivity index (χ0) is 32.3. The molecule has 1 aromatic carbocycles. The topological polar surface area (TPSA) is 144 Å². The number of nitrogens with two attached hydrogens (primary N) is 2. The van der Waals surface area contributed by atoms with Crippen molar-refractivity contribution in [2.24, 2.45) is 11.1 Å². The van der Waals surface area contributed by atoms with Gasteiger partial charge in [-0.05, 0) is 76.2 Å². The van der Waals surface area contributed by atoms with E-state index in [1.165, 1.54) is 42.6 Å². The van der Waals surface area contributed by atoms with E-state index in [4.69, 9.17) is 27.8 Å². The van der Waals surface area contributed by atoms with Gasteiger partial charge in [-0.2, -0.15) is 5.10 Å². The lowest BCUT2D eigenvalue weighted by Gasteiger charge is -2.58. The molecule has 7 rings (SSSR count). The minimum absolute atomic E-state index is 0.0935. The molecule has 0 radical (unpaired) electrons. The maximum absolute atomic E-state index is 14.7. The monoisotopic (exact) mass is 666 g/mol. The van der Waals surface area contributed by atoms with Gasteiger partial charge in [0.05, 0.1) is 27.4 Å². The van der Waals surface area contributed by atoms with E-state index in [2.05, 4.69) is 39.3 Å². The molecule has 1 atom stereocenters. The summed E-state index contributed by atoms with van der Waals surface area (Å²) in [5.74, 6) is -0.960. The van der Waals surface area contributed by atoms with Crippen LogP contribution in [-0.4, -0.2) is 76.7 Å². The van der Waals surface area contributed by atoms with Gasteiger partial charge in [0.15, 0.2) is 5.82 Å². The van der Waals surface area contributed by atoms with Crippen LogP contribution >= 0.6 is 22.9 Å². The molecule has 4 aromatic rings. The first-order chi connectivity index (χ1) is 22.0. The van der Waals surface area contributed by atoms with E-state index < -0.39 is 11.7 Å².